The van der Waals surface area contributed by atoms with Crippen LogP contribution in [0.1, 0.15) is 18.9 Å². The van der Waals surface area contributed by atoms with E-state index in [9.17, 15) is 9.59 Å². The largest absolute Gasteiger partial charge is 0.469 e. The first-order chi connectivity index (χ1) is 10.6. The van der Waals surface area contributed by atoms with Gasteiger partial charge in [0.25, 0.3) is 0 Å². The Bertz CT molecular complexity index is 573. The summed E-state index contributed by atoms with van der Waals surface area (Å²) in [4.78, 5) is 26.0. The van der Waals surface area contributed by atoms with Crippen LogP contribution in [0.4, 0.5) is 4.79 Å². The van der Waals surface area contributed by atoms with Gasteiger partial charge in [-0.25, -0.2) is 4.79 Å². The van der Waals surface area contributed by atoms with Crippen LogP contribution in [0.5, 0.6) is 0 Å². The lowest BCUT2D eigenvalue weighted by Crippen LogP contribution is -2.52. The summed E-state index contributed by atoms with van der Waals surface area (Å²) in [5, 5.41) is 0. The van der Waals surface area contributed by atoms with Gasteiger partial charge in [-0.05, 0) is 23.8 Å². The molecule has 2 aliphatic rings. The van der Waals surface area contributed by atoms with Crippen LogP contribution in [0, 0.1) is 17.3 Å². The fourth-order valence-corrected chi connectivity index (χ4v) is 3.88. The minimum atomic E-state index is -0.514. The second kappa shape index (κ2) is 5.63. The molecule has 5 heteroatoms. The van der Waals surface area contributed by atoms with Gasteiger partial charge in [-0.15, -0.1) is 0 Å². The number of hydrogen-bond acceptors (Lipinski definition) is 4. The third-order valence-corrected chi connectivity index (χ3v) is 5.03. The third kappa shape index (κ3) is 2.34. The van der Waals surface area contributed by atoms with E-state index in [1.807, 2.05) is 30.3 Å². The molecular formula is C17H21NO4. The van der Waals surface area contributed by atoms with Crippen molar-refractivity contribution in [2.75, 3.05) is 20.2 Å². The van der Waals surface area contributed by atoms with Gasteiger partial charge in [-0.3, -0.25) is 4.79 Å². The van der Waals surface area contributed by atoms with Crippen LogP contribution in [0.25, 0.3) is 0 Å². The molecule has 2 unspecified atom stereocenters. The highest BCUT2D eigenvalue weighted by atomic mass is 16.6. The van der Waals surface area contributed by atoms with Gasteiger partial charge in [0.15, 0.2) is 0 Å². The molecule has 0 spiro atoms. The Morgan fingerprint density at radius 2 is 2.05 bits per heavy atom. The number of ether oxygens (including phenoxy) is 2. The summed E-state index contributed by atoms with van der Waals surface area (Å²) in [5.41, 5.74) is 0.439. The summed E-state index contributed by atoms with van der Waals surface area (Å²) in [6.45, 7) is 3.35. The molecule has 0 radical (unpaired) electrons. The van der Waals surface area contributed by atoms with E-state index in [4.69, 9.17) is 9.47 Å². The van der Waals surface area contributed by atoms with Gasteiger partial charge in [-0.1, -0.05) is 37.3 Å². The fraction of sp³-hybridized carbons (Fsp3) is 0.529. The van der Waals surface area contributed by atoms with Gasteiger partial charge < -0.3 is 14.4 Å². The Morgan fingerprint density at radius 3 is 2.68 bits per heavy atom. The Labute approximate surface area is 130 Å². The summed E-state index contributed by atoms with van der Waals surface area (Å²) in [7, 11) is 1.41. The van der Waals surface area contributed by atoms with Crippen LogP contribution in [-0.2, 0) is 20.9 Å². The van der Waals surface area contributed by atoms with Gasteiger partial charge in [0.2, 0.25) is 0 Å². The Balaban J connectivity index is 1.62. The second-order valence-electron chi connectivity index (χ2n) is 6.36. The maximum atomic E-state index is 12.2. The number of hydrogen-bond donors (Lipinski definition) is 0. The van der Waals surface area contributed by atoms with Crippen molar-refractivity contribution in [3.05, 3.63) is 35.9 Å². The van der Waals surface area contributed by atoms with Gasteiger partial charge in [0, 0.05) is 13.1 Å². The number of carbonyl (C=O) groups excluding carboxylic acids is 2. The van der Waals surface area contributed by atoms with E-state index < -0.39 is 5.41 Å². The van der Waals surface area contributed by atoms with Crippen molar-refractivity contribution in [2.45, 2.75) is 20.0 Å². The van der Waals surface area contributed by atoms with Crippen LogP contribution < -0.4 is 0 Å². The maximum absolute atomic E-state index is 12.2. The van der Waals surface area contributed by atoms with Gasteiger partial charge in [0.1, 0.15) is 6.61 Å². The van der Waals surface area contributed by atoms with Crippen molar-refractivity contribution in [2.24, 2.45) is 17.3 Å². The molecule has 5 nitrogen and oxygen atoms in total. The summed E-state index contributed by atoms with van der Waals surface area (Å²) in [5.74, 6) is 0.421. The van der Waals surface area contributed by atoms with E-state index in [2.05, 4.69) is 6.92 Å². The quantitative estimate of drug-likeness (QED) is 0.805. The van der Waals surface area contributed by atoms with Gasteiger partial charge in [-0.2, -0.15) is 0 Å². The predicted molar refractivity (Wildman–Crippen MR) is 79.9 cm³/mol. The Hall–Kier alpha value is -2.04. The molecule has 0 bridgehead atoms. The van der Waals surface area contributed by atoms with Crippen molar-refractivity contribution in [3.63, 3.8) is 0 Å². The SMILES string of the molecule is COC(=O)C12C[C@@H](C)C1CN(C(=O)OCc1ccccc1)C2. The Morgan fingerprint density at radius 1 is 1.32 bits per heavy atom. The summed E-state index contributed by atoms with van der Waals surface area (Å²) < 4.78 is 10.3. The molecule has 1 aliphatic carbocycles. The summed E-state index contributed by atoms with van der Waals surface area (Å²) in [6.07, 6.45) is 0.432. The lowest BCUT2D eigenvalue weighted by atomic mass is 9.56. The average molecular weight is 303 g/mol. The highest BCUT2D eigenvalue weighted by Gasteiger charge is 2.63. The molecule has 1 aromatic rings. The number of amides is 1. The number of likely N-dealkylation sites (tertiary alicyclic amines) is 1. The number of rotatable bonds is 3. The number of carbonyl (C=O) groups is 2. The highest BCUT2D eigenvalue weighted by molar-refractivity contribution is 5.81. The molecule has 1 heterocycles. The minimum absolute atomic E-state index is 0.184. The van der Waals surface area contributed by atoms with Crippen LogP contribution in [0.2, 0.25) is 0 Å². The monoisotopic (exact) mass is 303 g/mol. The van der Waals surface area contributed by atoms with Crippen LogP contribution in [-0.4, -0.2) is 37.2 Å². The molecule has 118 valence electrons. The van der Waals surface area contributed by atoms with Crippen molar-refractivity contribution < 1.29 is 19.1 Å². The van der Waals surface area contributed by atoms with Crippen molar-refractivity contribution in [1.29, 1.82) is 0 Å². The summed E-state index contributed by atoms with van der Waals surface area (Å²) >= 11 is 0. The van der Waals surface area contributed by atoms with Crippen LogP contribution in [0.3, 0.4) is 0 Å². The van der Waals surface area contributed by atoms with E-state index in [0.29, 0.717) is 19.0 Å². The van der Waals surface area contributed by atoms with Crippen LogP contribution in [0.15, 0.2) is 30.3 Å². The standard InChI is InChI=1S/C17H21NO4/c1-12-8-17(15(19)21-2)11-18(9-14(12)17)16(20)22-10-13-6-4-3-5-7-13/h3-7,12,14H,8-11H2,1-2H3/t12-,14?,17?/m1/s1. The number of esters is 1. The van der Waals surface area contributed by atoms with Crippen LogP contribution >= 0.6 is 0 Å². The van der Waals surface area contributed by atoms with Crippen molar-refractivity contribution in [1.82, 2.24) is 4.90 Å². The average Bonchev–Trinajstić information content (AvgIpc) is 2.86. The van der Waals surface area contributed by atoms with E-state index in [-0.39, 0.29) is 24.6 Å². The predicted octanol–water partition coefficient (Wildman–Crippen LogP) is 2.45. The normalized spacial score (nSPS) is 29.5. The molecule has 2 fully saturated rings. The maximum Gasteiger partial charge on any atom is 0.410 e. The summed E-state index contributed by atoms with van der Waals surface area (Å²) in [6, 6.07) is 9.57. The smallest absolute Gasteiger partial charge is 0.410 e. The highest BCUT2D eigenvalue weighted by Crippen LogP contribution is 2.56. The molecule has 1 aliphatic heterocycles. The van der Waals surface area contributed by atoms with Crippen molar-refractivity contribution in [3.8, 4) is 0 Å². The van der Waals surface area contributed by atoms with E-state index >= 15 is 0 Å². The molecule has 1 aromatic carbocycles. The van der Waals surface area contributed by atoms with Crippen molar-refractivity contribution >= 4 is 12.1 Å². The minimum Gasteiger partial charge on any atom is -0.469 e. The third-order valence-electron chi connectivity index (χ3n) is 5.03. The molecule has 0 aromatic heterocycles. The zero-order valence-electron chi connectivity index (χ0n) is 13.0. The first-order valence-corrected chi connectivity index (χ1v) is 7.61. The Kier molecular flexibility index (Phi) is 3.81. The number of benzene rings is 1. The first-order valence-electron chi connectivity index (χ1n) is 7.61. The van der Waals surface area contributed by atoms with E-state index in [0.717, 1.165) is 12.0 Å². The van der Waals surface area contributed by atoms with E-state index in [1.54, 1.807) is 4.90 Å². The second-order valence-corrected chi connectivity index (χ2v) is 6.36. The fourth-order valence-electron chi connectivity index (χ4n) is 3.88. The van der Waals surface area contributed by atoms with Gasteiger partial charge in [0.05, 0.1) is 12.5 Å². The zero-order valence-corrected chi connectivity index (χ0v) is 13.0. The van der Waals surface area contributed by atoms with Gasteiger partial charge >= 0.3 is 12.1 Å². The molecule has 0 N–H and O–H groups in total. The molecule has 3 rings (SSSR count). The first kappa shape index (κ1) is 14.9. The molecule has 3 atom stereocenters. The number of nitrogens with zero attached hydrogens (tertiary/aromatic N) is 1. The topological polar surface area (TPSA) is 55.8 Å². The lowest BCUT2D eigenvalue weighted by Gasteiger charge is -2.46. The molecule has 1 saturated heterocycles. The molecule has 22 heavy (non-hydrogen) atoms. The molecule has 1 amide bonds. The number of methoxy groups -OCH3 is 1. The lowest BCUT2D eigenvalue weighted by molar-refractivity contribution is -0.165. The van der Waals surface area contributed by atoms with E-state index in [1.165, 1.54) is 7.11 Å². The molecule has 1 saturated carbocycles. The number of fused-ring (bicyclic) bond motifs is 1. The zero-order chi connectivity index (χ0) is 15.7. The molecular weight excluding hydrogens is 282 g/mol.